The van der Waals surface area contributed by atoms with E-state index < -0.39 is 0 Å². The van der Waals surface area contributed by atoms with Gasteiger partial charge in [0.2, 0.25) is 0 Å². The highest BCUT2D eigenvalue weighted by atomic mass is 79.9. The lowest BCUT2D eigenvalue weighted by Crippen LogP contribution is -2.44. The molecule has 2 aromatic rings. The van der Waals surface area contributed by atoms with Gasteiger partial charge in [0.25, 0.3) is 5.91 Å². The van der Waals surface area contributed by atoms with Crippen LogP contribution in [0, 0.1) is 5.92 Å². The molecule has 2 aliphatic heterocycles. The first-order valence-corrected chi connectivity index (χ1v) is 11.4. The molecule has 7 nitrogen and oxygen atoms in total. The van der Waals surface area contributed by atoms with Crippen LogP contribution >= 0.6 is 27.7 Å². The van der Waals surface area contributed by atoms with E-state index in [9.17, 15) is 9.59 Å². The SMILES string of the molecule is CCc1nc2n(n1)C(=O)C(C(c1cccc(Br)c1)N1CCC(C(=O)OC)CC1)S2. The zero-order valence-electron chi connectivity index (χ0n) is 16.4. The number of esters is 1. The third-order valence-electron chi connectivity index (χ3n) is 5.56. The van der Waals surface area contributed by atoms with Gasteiger partial charge in [-0.2, -0.15) is 4.68 Å². The molecule has 1 aromatic heterocycles. The Morgan fingerprint density at radius 3 is 2.76 bits per heavy atom. The number of carbonyl (C=O) groups is 2. The van der Waals surface area contributed by atoms with Crippen molar-refractivity contribution in [2.24, 2.45) is 5.92 Å². The number of methoxy groups -OCH3 is 1. The van der Waals surface area contributed by atoms with E-state index in [0.717, 1.165) is 36.0 Å². The van der Waals surface area contributed by atoms with E-state index in [1.807, 2.05) is 19.1 Å². The van der Waals surface area contributed by atoms with Gasteiger partial charge in [-0.15, -0.1) is 5.10 Å². The molecule has 2 aliphatic rings. The second-order valence-electron chi connectivity index (χ2n) is 7.29. The lowest BCUT2D eigenvalue weighted by atomic mass is 9.93. The molecule has 1 saturated heterocycles. The Kier molecular flexibility index (Phi) is 6.08. The fourth-order valence-electron chi connectivity index (χ4n) is 4.04. The Labute approximate surface area is 182 Å². The molecular weight excluding hydrogens is 456 g/mol. The molecule has 0 radical (unpaired) electrons. The number of ether oxygens (including phenoxy) is 1. The molecular formula is C20H23BrN4O3S. The number of thioether (sulfide) groups is 1. The van der Waals surface area contributed by atoms with Gasteiger partial charge in [0.15, 0.2) is 11.0 Å². The van der Waals surface area contributed by atoms with Crippen LogP contribution in [0.2, 0.25) is 0 Å². The van der Waals surface area contributed by atoms with Crippen molar-refractivity contribution in [1.29, 1.82) is 0 Å². The molecule has 9 heteroatoms. The smallest absolute Gasteiger partial charge is 0.308 e. The first-order valence-electron chi connectivity index (χ1n) is 9.76. The summed E-state index contributed by atoms with van der Waals surface area (Å²) in [5, 5.41) is 4.72. The van der Waals surface area contributed by atoms with Crippen LogP contribution in [0.15, 0.2) is 33.9 Å². The van der Waals surface area contributed by atoms with Crippen molar-refractivity contribution in [3.63, 3.8) is 0 Å². The van der Waals surface area contributed by atoms with E-state index in [-0.39, 0.29) is 29.1 Å². The minimum atomic E-state index is -0.320. The van der Waals surface area contributed by atoms with Crippen LogP contribution in [0.4, 0.5) is 0 Å². The summed E-state index contributed by atoms with van der Waals surface area (Å²) in [4.78, 5) is 31.9. The minimum absolute atomic E-state index is 0.0303. The van der Waals surface area contributed by atoms with Gasteiger partial charge in [0.05, 0.1) is 19.1 Å². The van der Waals surface area contributed by atoms with Crippen LogP contribution in [0.1, 0.15) is 42.0 Å². The van der Waals surface area contributed by atoms with Crippen molar-refractivity contribution in [2.75, 3.05) is 20.2 Å². The van der Waals surface area contributed by atoms with Gasteiger partial charge < -0.3 is 4.74 Å². The maximum absolute atomic E-state index is 13.2. The van der Waals surface area contributed by atoms with E-state index in [1.54, 1.807) is 0 Å². The Morgan fingerprint density at radius 2 is 2.14 bits per heavy atom. The fourth-order valence-corrected chi connectivity index (χ4v) is 5.73. The molecule has 0 spiro atoms. The summed E-state index contributed by atoms with van der Waals surface area (Å²) in [5.41, 5.74) is 1.07. The highest BCUT2D eigenvalue weighted by Crippen LogP contribution is 2.42. The Hall–Kier alpha value is -1.71. The Balaban J connectivity index is 1.61. The summed E-state index contributed by atoms with van der Waals surface area (Å²) >= 11 is 5.04. The standard InChI is InChI=1S/C20H23BrN4O3S/c1-3-15-22-20-25(23-15)18(26)17(29-20)16(13-5-4-6-14(21)11-13)24-9-7-12(8-10-24)19(27)28-2/h4-6,11-12,16-17H,3,7-10H2,1-2H3. The molecule has 154 valence electrons. The summed E-state index contributed by atoms with van der Waals surface area (Å²) in [6.07, 6.45) is 2.16. The van der Waals surface area contributed by atoms with Gasteiger partial charge in [-0.1, -0.05) is 46.7 Å². The minimum Gasteiger partial charge on any atom is -0.469 e. The van der Waals surface area contributed by atoms with Crippen molar-refractivity contribution in [3.8, 4) is 0 Å². The number of likely N-dealkylation sites (tertiary alicyclic amines) is 1. The number of carbonyl (C=O) groups excluding carboxylic acids is 2. The third kappa shape index (κ3) is 4.00. The predicted octanol–water partition coefficient (Wildman–Crippen LogP) is 3.34. The number of halogens is 1. The van der Waals surface area contributed by atoms with Gasteiger partial charge in [-0.05, 0) is 43.6 Å². The summed E-state index contributed by atoms with van der Waals surface area (Å²) in [6, 6.07) is 7.98. The molecule has 2 unspecified atom stereocenters. The first kappa shape index (κ1) is 20.6. The highest BCUT2D eigenvalue weighted by molar-refractivity contribution is 9.10. The van der Waals surface area contributed by atoms with Crippen LogP contribution in [0.5, 0.6) is 0 Å². The molecule has 0 amide bonds. The fraction of sp³-hybridized carbons (Fsp3) is 0.500. The second kappa shape index (κ2) is 8.57. The maximum Gasteiger partial charge on any atom is 0.308 e. The largest absolute Gasteiger partial charge is 0.469 e. The van der Waals surface area contributed by atoms with Gasteiger partial charge >= 0.3 is 5.97 Å². The summed E-state index contributed by atoms with van der Waals surface area (Å²) in [5.74, 6) is 0.441. The molecule has 0 aliphatic carbocycles. The molecule has 3 heterocycles. The number of aryl methyl sites for hydroxylation is 1. The number of hydrogen-bond acceptors (Lipinski definition) is 7. The van der Waals surface area contributed by atoms with Crippen LogP contribution in [-0.4, -0.2) is 57.0 Å². The topological polar surface area (TPSA) is 77.3 Å². The van der Waals surface area contributed by atoms with Crippen molar-refractivity contribution >= 4 is 39.6 Å². The number of benzene rings is 1. The monoisotopic (exact) mass is 478 g/mol. The summed E-state index contributed by atoms with van der Waals surface area (Å²) in [7, 11) is 1.44. The van der Waals surface area contributed by atoms with E-state index in [0.29, 0.717) is 17.4 Å². The van der Waals surface area contributed by atoms with Crippen LogP contribution in [0.3, 0.4) is 0 Å². The molecule has 29 heavy (non-hydrogen) atoms. The zero-order valence-corrected chi connectivity index (χ0v) is 18.8. The van der Waals surface area contributed by atoms with Crippen molar-refractivity contribution in [2.45, 2.75) is 42.6 Å². The second-order valence-corrected chi connectivity index (χ2v) is 9.31. The van der Waals surface area contributed by atoms with Crippen molar-refractivity contribution < 1.29 is 14.3 Å². The normalized spacial score (nSPS) is 21.2. The number of aromatic nitrogens is 3. The van der Waals surface area contributed by atoms with Gasteiger partial charge in [-0.25, -0.2) is 4.98 Å². The average molecular weight is 479 g/mol. The Bertz CT molecular complexity index is 926. The molecule has 1 aromatic carbocycles. The van der Waals surface area contributed by atoms with Gasteiger partial charge in [-0.3, -0.25) is 14.5 Å². The molecule has 2 atom stereocenters. The average Bonchev–Trinajstić information content (AvgIpc) is 3.27. The highest BCUT2D eigenvalue weighted by Gasteiger charge is 2.44. The quantitative estimate of drug-likeness (QED) is 0.609. The number of fused-ring (bicyclic) bond motifs is 1. The van der Waals surface area contributed by atoms with E-state index in [1.165, 1.54) is 23.6 Å². The maximum atomic E-state index is 13.2. The van der Waals surface area contributed by atoms with Crippen LogP contribution in [-0.2, 0) is 16.0 Å². The third-order valence-corrected chi connectivity index (χ3v) is 7.24. The van der Waals surface area contributed by atoms with Crippen molar-refractivity contribution in [1.82, 2.24) is 19.7 Å². The number of hydrogen-bond donors (Lipinski definition) is 0. The van der Waals surface area contributed by atoms with Crippen LogP contribution < -0.4 is 0 Å². The van der Waals surface area contributed by atoms with Gasteiger partial charge in [0.1, 0.15) is 5.25 Å². The number of nitrogens with zero attached hydrogens (tertiary/aromatic N) is 4. The molecule has 0 bridgehead atoms. The van der Waals surface area contributed by atoms with Crippen molar-refractivity contribution in [3.05, 3.63) is 40.1 Å². The molecule has 1 fully saturated rings. The molecule has 4 rings (SSSR count). The lowest BCUT2D eigenvalue weighted by molar-refractivity contribution is -0.147. The number of piperidine rings is 1. The molecule has 0 N–H and O–H groups in total. The predicted molar refractivity (Wildman–Crippen MR) is 113 cm³/mol. The van der Waals surface area contributed by atoms with E-state index in [2.05, 4.69) is 43.0 Å². The van der Waals surface area contributed by atoms with E-state index in [4.69, 9.17) is 4.74 Å². The van der Waals surface area contributed by atoms with Gasteiger partial charge in [0, 0.05) is 10.9 Å². The summed E-state index contributed by atoms with van der Waals surface area (Å²) < 4.78 is 7.35. The molecule has 0 saturated carbocycles. The lowest BCUT2D eigenvalue weighted by Gasteiger charge is -2.38. The van der Waals surface area contributed by atoms with E-state index >= 15 is 0 Å². The number of rotatable bonds is 5. The summed E-state index contributed by atoms with van der Waals surface area (Å²) in [6.45, 7) is 3.45. The zero-order chi connectivity index (χ0) is 20.5. The van der Waals surface area contributed by atoms with Crippen LogP contribution in [0.25, 0.3) is 0 Å². The first-order chi connectivity index (χ1) is 14.0. The Morgan fingerprint density at radius 1 is 1.38 bits per heavy atom.